The number of aliphatic hydroxyl groups excluding tert-OH is 1. The summed E-state index contributed by atoms with van der Waals surface area (Å²) in [6, 6.07) is 0. The van der Waals surface area contributed by atoms with E-state index in [2.05, 4.69) is 9.47 Å². The molecule has 0 fully saturated rings. The number of ether oxygens (including phenoxy) is 2. The van der Waals surface area contributed by atoms with E-state index in [0.29, 0.717) is 6.29 Å². The molecule has 1 N–H and O–H groups in total. The molecular weight excluding hydrogens is 152 g/mol. The largest absolute Gasteiger partial charge is 0.456 e. The third-order valence-corrected chi connectivity index (χ3v) is 0.768. The average Bonchev–Trinajstić information content (AvgIpc) is 2.01. The smallest absolute Gasteiger partial charge is 0.332 e. The molecule has 0 rings (SSSR count). The molecule has 0 aliphatic rings. The van der Waals surface area contributed by atoms with Gasteiger partial charge in [0.15, 0.2) is 6.29 Å². The van der Waals surface area contributed by atoms with E-state index < -0.39 is 5.97 Å². The van der Waals surface area contributed by atoms with E-state index in [1.165, 1.54) is 0 Å². The van der Waals surface area contributed by atoms with Crippen LogP contribution in [0, 0.1) is 0 Å². The fourth-order valence-electron chi connectivity index (χ4n) is 0.389. The Hall–Kier alpha value is -0.940. The minimum atomic E-state index is -0.606. The molecule has 0 saturated heterocycles. The number of hydrogen-bond acceptors (Lipinski definition) is 5. The van der Waals surface area contributed by atoms with Crippen LogP contribution in [0.2, 0.25) is 0 Å². The van der Waals surface area contributed by atoms with Crippen molar-refractivity contribution in [3.8, 4) is 0 Å². The van der Waals surface area contributed by atoms with Crippen LogP contribution >= 0.6 is 0 Å². The predicted molar refractivity (Wildman–Crippen MR) is 34.9 cm³/mol. The van der Waals surface area contributed by atoms with Crippen LogP contribution in [-0.4, -0.2) is 43.8 Å². The Morgan fingerprint density at radius 3 is 2.82 bits per heavy atom. The van der Waals surface area contributed by atoms with Gasteiger partial charge in [-0.1, -0.05) is 0 Å². The molecule has 0 heterocycles. The zero-order valence-electron chi connectivity index (χ0n) is 5.99. The average molecular weight is 162 g/mol. The van der Waals surface area contributed by atoms with Crippen LogP contribution in [0.15, 0.2) is 0 Å². The highest BCUT2D eigenvalue weighted by atomic mass is 16.6. The fourth-order valence-corrected chi connectivity index (χ4v) is 0.389. The van der Waals surface area contributed by atoms with E-state index in [0.717, 1.165) is 0 Å². The maximum atomic E-state index is 10.5. The molecule has 11 heavy (non-hydrogen) atoms. The molecule has 0 aromatic heterocycles. The zero-order chi connectivity index (χ0) is 8.53. The molecule has 64 valence electrons. The van der Waals surface area contributed by atoms with E-state index in [9.17, 15) is 9.59 Å². The third kappa shape index (κ3) is 6.95. The molecule has 0 unspecified atom stereocenters. The maximum absolute atomic E-state index is 10.5. The first-order valence-corrected chi connectivity index (χ1v) is 3.09. The van der Waals surface area contributed by atoms with E-state index in [-0.39, 0.29) is 26.4 Å². The normalized spacial score (nSPS) is 9.18. The van der Waals surface area contributed by atoms with Gasteiger partial charge in [0.25, 0.3) is 0 Å². The molecule has 0 aromatic rings. The SMILES string of the molecule is O=CCOC(=O)COCCO. The highest BCUT2D eigenvalue weighted by Gasteiger charge is 2.00. The molecule has 0 aliphatic heterocycles. The van der Waals surface area contributed by atoms with Gasteiger partial charge in [0.2, 0.25) is 0 Å². The van der Waals surface area contributed by atoms with Gasteiger partial charge in [0.05, 0.1) is 13.2 Å². The maximum Gasteiger partial charge on any atom is 0.332 e. The standard InChI is InChI=1S/C6H10O5/c7-1-3-10-5-6(9)11-4-2-8/h2,7H,1,3-5H2. The van der Waals surface area contributed by atoms with Crippen molar-refractivity contribution in [1.82, 2.24) is 0 Å². The Labute approximate surface area is 63.9 Å². The Kier molecular flexibility index (Phi) is 6.56. The monoisotopic (exact) mass is 162 g/mol. The number of aldehydes is 1. The van der Waals surface area contributed by atoms with E-state index in [4.69, 9.17) is 5.11 Å². The summed E-state index contributed by atoms with van der Waals surface area (Å²) in [5.74, 6) is -0.606. The summed E-state index contributed by atoms with van der Waals surface area (Å²) in [7, 11) is 0. The summed E-state index contributed by atoms with van der Waals surface area (Å²) in [6.07, 6.45) is 0.476. The van der Waals surface area contributed by atoms with Gasteiger partial charge in [-0.25, -0.2) is 4.79 Å². The Balaban J connectivity index is 3.15. The molecule has 0 radical (unpaired) electrons. The molecule has 5 heteroatoms. The van der Waals surface area contributed by atoms with Gasteiger partial charge in [-0.3, -0.25) is 4.79 Å². The van der Waals surface area contributed by atoms with Crippen molar-refractivity contribution >= 4 is 12.3 Å². The van der Waals surface area contributed by atoms with Gasteiger partial charge in [-0.05, 0) is 0 Å². The van der Waals surface area contributed by atoms with Crippen molar-refractivity contribution < 1.29 is 24.2 Å². The van der Waals surface area contributed by atoms with Crippen molar-refractivity contribution in [3.05, 3.63) is 0 Å². The summed E-state index contributed by atoms with van der Waals surface area (Å²) in [6.45, 7) is -0.521. The van der Waals surface area contributed by atoms with Gasteiger partial charge in [-0.2, -0.15) is 0 Å². The first-order valence-electron chi connectivity index (χ1n) is 3.09. The van der Waals surface area contributed by atoms with Crippen molar-refractivity contribution in [3.63, 3.8) is 0 Å². The van der Waals surface area contributed by atoms with Crippen LogP contribution in [0.4, 0.5) is 0 Å². The molecule has 0 spiro atoms. The molecule has 0 amide bonds. The number of esters is 1. The van der Waals surface area contributed by atoms with Gasteiger partial charge in [-0.15, -0.1) is 0 Å². The molecule has 5 nitrogen and oxygen atoms in total. The number of aliphatic hydroxyl groups is 1. The Morgan fingerprint density at radius 2 is 2.27 bits per heavy atom. The minimum Gasteiger partial charge on any atom is -0.456 e. The summed E-state index contributed by atoms with van der Waals surface area (Å²) in [5, 5.41) is 8.22. The number of rotatable bonds is 6. The van der Waals surface area contributed by atoms with Crippen LogP contribution in [0.5, 0.6) is 0 Å². The second-order valence-corrected chi connectivity index (χ2v) is 1.63. The van der Waals surface area contributed by atoms with E-state index >= 15 is 0 Å². The van der Waals surface area contributed by atoms with Crippen molar-refractivity contribution in [2.75, 3.05) is 26.4 Å². The predicted octanol–water partition coefficient (Wildman–Crippen LogP) is -1.26. The Morgan fingerprint density at radius 1 is 1.55 bits per heavy atom. The lowest BCUT2D eigenvalue weighted by molar-refractivity contribution is -0.150. The third-order valence-electron chi connectivity index (χ3n) is 0.768. The van der Waals surface area contributed by atoms with Crippen molar-refractivity contribution in [1.29, 1.82) is 0 Å². The zero-order valence-corrected chi connectivity index (χ0v) is 5.99. The second-order valence-electron chi connectivity index (χ2n) is 1.63. The van der Waals surface area contributed by atoms with Crippen molar-refractivity contribution in [2.45, 2.75) is 0 Å². The van der Waals surface area contributed by atoms with Crippen LogP contribution < -0.4 is 0 Å². The second kappa shape index (κ2) is 7.17. The fraction of sp³-hybridized carbons (Fsp3) is 0.667. The lowest BCUT2D eigenvalue weighted by Gasteiger charge is -2.00. The summed E-state index contributed by atoms with van der Waals surface area (Å²) >= 11 is 0. The summed E-state index contributed by atoms with van der Waals surface area (Å²) < 4.78 is 8.93. The molecular formula is C6H10O5. The van der Waals surface area contributed by atoms with E-state index in [1.807, 2.05) is 0 Å². The molecule has 0 bridgehead atoms. The van der Waals surface area contributed by atoms with Crippen molar-refractivity contribution in [2.24, 2.45) is 0 Å². The van der Waals surface area contributed by atoms with E-state index in [1.54, 1.807) is 0 Å². The lowest BCUT2D eigenvalue weighted by atomic mass is 10.7. The van der Waals surface area contributed by atoms with Crippen LogP contribution in [0.1, 0.15) is 0 Å². The summed E-state index contributed by atoms with van der Waals surface area (Å²) in [5.41, 5.74) is 0. The topological polar surface area (TPSA) is 72.8 Å². The first kappa shape index (κ1) is 10.1. The van der Waals surface area contributed by atoms with Gasteiger partial charge in [0, 0.05) is 0 Å². The van der Waals surface area contributed by atoms with Gasteiger partial charge in [0.1, 0.15) is 13.2 Å². The molecule has 0 aromatic carbocycles. The van der Waals surface area contributed by atoms with Crippen LogP contribution in [-0.2, 0) is 19.1 Å². The quantitative estimate of drug-likeness (QED) is 0.300. The Bertz CT molecular complexity index is 122. The lowest BCUT2D eigenvalue weighted by Crippen LogP contribution is -2.15. The highest BCUT2D eigenvalue weighted by molar-refractivity contribution is 5.72. The molecule has 0 aliphatic carbocycles. The highest BCUT2D eigenvalue weighted by Crippen LogP contribution is 1.79. The number of carbonyl (C=O) groups is 2. The van der Waals surface area contributed by atoms with Gasteiger partial charge >= 0.3 is 5.97 Å². The molecule has 0 saturated carbocycles. The van der Waals surface area contributed by atoms with Gasteiger partial charge < -0.3 is 14.6 Å². The minimum absolute atomic E-state index is 0.0934. The number of carbonyl (C=O) groups excluding carboxylic acids is 2. The number of hydrogen-bond donors (Lipinski definition) is 1. The van der Waals surface area contributed by atoms with Crippen LogP contribution in [0.25, 0.3) is 0 Å². The summed E-state index contributed by atoms with van der Waals surface area (Å²) in [4.78, 5) is 20.2. The molecule has 0 atom stereocenters. The van der Waals surface area contributed by atoms with Crippen LogP contribution in [0.3, 0.4) is 0 Å². The first-order chi connectivity index (χ1) is 5.31.